The summed E-state index contributed by atoms with van der Waals surface area (Å²) < 4.78 is 14.3. The van der Waals surface area contributed by atoms with Crippen molar-refractivity contribution in [2.45, 2.75) is 19.8 Å². The molecule has 0 aliphatic carbocycles. The van der Waals surface area contributed by atoms with E-state index in [1.54, 1.807) is 6.07 Å². The van der Waals surface area contributed by atoms with Crippen molar-refractivity contribution in [1.82, 2.24) is 5.32 Å². The number of allylic oxidation sites excluding steroid dienone is 1. The molecule has 1 rings (SSSR count). The van der Waals surface area contributed by atoms with E-state index in [0.717, 1.165) is 29.5 Å². The summed E-state index contributed by atoms with van der Waals surface area (Å²) in [4.78, 5) is 0. The van der Waals surface area contributed by atoms with Gasteiger partial charge in [0.2, 0.25) is 0 Å². The fourth-order valence-electron chi connectivity index (χ4n) is 1.39. The van der Waals surface area contributed by atoms with Gasteiger partial charge in [-0.25, -0.2) is 4.39 Å². The van der Waals surface area contributed by atoms with Crippen LogP contribution in [0.1, 0.15) is 18.9 Å². The molecule has 0 fully saturated rings. The summed E-state index contributed by atoms with van der Waals surface area (Å²) in [7, 11) is 0. The van der Waals surface area contributed by atoms with Crippen molar-refractivity contribution < 1.29 is 4.39 Å². The van der Waals surface area contributed by atoms with E-state index in [1.165, 1.54) is 6.07 Å². The monoisotopic (exact) mass is 285 g/mol. The van der Waals surface area contributed by atoms with Crippen LogP contribution in [0, 0.1) is 5.82 Å². The Labute approximate surface area is 105 Å². The van der Waals surface area contributed by atoms with Gasteiger partial charge < -0.3 is 5.32 Å². The average molecular weight is 286 g/mol. The SMILES string of the molecule is CCNCCC=CCc1cc(Br)ccc1F. The lowest BCUT2D eigenvalue weighted by molar-refractivity contribution is 0.614. The zero-order chi connectivity index (χ0) is 11.8. The maximum Gasteiger partial charge on any atom is 0.126 e. The molecule has 0 spiro atoms. The molecule has 1 aromatic carbocycles. The highest BCUT2D eigenvalue weighted by Crippen LogP contribution is 2.16. The third-order valence-electron chi connectivity index (χ3n) is 2.25. The Bertz CT molecular complexity index is 350. The predicted molar refractivity (Wildman–Crippen MR) is 70.1 cm³/mol. The number of halogens is 2. The number of hydrogen-bond donors (Lipinski definition) is 1. The molecule has 16 heavy (non-hydrogen) atoms. The number of rotatable bonds is 6. The van der Waals surface area contributed by atoms with Gasteiger partial charge in [0.25, 0.3) is 0 Å². The minimum atomic E-state index is -0.139. The third kappa shape index (κ3) is 4.90. The van der Waals surface area contributed by atoms with Crippen molar-refractivity contribution >= 4 is 15.9 Å². The maximum atomic E-state index is 13.3. The van der Waals surface area contributed by atoms with Gasteiger partial charge in [-0.2, -0.15) is 0 Å². The van der Waals surface area contributed by atoms with Gasteiger partial charge in [0.1, 0.15) is 5.82 Å². The Hall–Kier alpha value is -0.670. The highest BCUT2D eigenvalue weighted by atomic mass is 79.9. The first-order chi connectivity index (χ1) is 7.74. The van der Waals surface area contributed by atoms with Crippen LogP contribution < -0.4 is 5.32 Å². The Balaban J connectivity index is 2.39. The van der Waals surface area contributed by atoms with Gasteiger partial charge in [-0.15, -0.1) is 0 Å². The molecule has 0 bridgehead atoms. The van der Waals surface area contributed by atoms with Crippen LogP contribution in [0.3, 0.4) is 0 Å². The molecule has 0 aromatic heterocycles. The zero-order valence-corrected chi connectivity index (χ0v) is 11.1. The van der Waals surface area contributed by atoms with Gasteiger partial charge in [-0.1, -0.05) is 35.0 Å². The fraction of sp³-hybridized carbons (Fsp3) is 0.385. The molecule has 0 saturated heterocycles. The van der Waals surface area contributed by atoms with Gasteiger partial charge >= 0.3 is 0 Å². The van der Waals surface area contributed by atoms with Crippen LogP contribution in [0.2, 0.25) is 0 Å². The van der Waals surface area contributed by atoms with E-state index in [9.17, 15) is 4.39 Å². The Morgan fingerprint density at radius 3 is 2.94 bits per heavy atom. The topological polar surface area (TPSA) is 12.0 Å². The minimum absolute atomic E-state index is 0.139. The molecule has 0 radical (unpaired) electrons. The molecule has 0 amide bonds. The average Bonchev–Trinajstić information content (AvgIpc) is 2.28. The summed E-state index contributed by atoms with van der Waals surface area (Å²) in [6.45, 7) is 4.06. The lowest BCUT2D eigenvalue weighted by Gasteiger charge is -2.00. The van der Waals surface area contributed by atoms with Crippen LogP contribution in [-0.4, -0.2) is 13.1 Å². The van der Waals surface area contributed by atoms with Crippen molar-refractivity contribution in [2.24, 2.45) is 0 Å². The van der Waals surface area contributed by atoms with Gasteiger partial charge in [-0.05, 0) is 49.7 Å². The summed E-state index contributed by atoms with van der Waals surface area (Å²) in [6, 6.07) is 5.03. The number of nitrogens with one attached hydrogen (secondary N) is 1. The van der Waals surface area contributed by atoms with E-state index >= 15 is 0 Å². The van der Waals surface area contributed by atoms with Crippen molar-refractivity contribution in [3.05, 3.63) is 46.2 Å². The van der Waals surface area contributed by atoms with Crippen molar-refractivity contribution in [3.8, 4) is 0 Å². The number of hydrogen-bond acceptors (Lipinski definition) is 1. The standard InChI is InChI=1S/C13H17BrFN/c1-2-16-9-5-3-4-6-11-10-12(14)7-8-13(11)15/h3-4,7-8,10,16H,2,5-6,9H2,1H3. The van der Waals surface area contributed by atoms with Crippen molar-refractivity contribution in [3.63, 3.8) is 0 Å². The van der Waals surface area contributed by atoms with Gasteiger partial charge in [0.15, 0.2) is 0 Å². The van der Waals surface area contributed by atoms with E-state index in [0.29, 0.717) is 6.42 Å². The normalized spacial score (nSPS) is 11.2. The quantitative estimate of drug-likeness (QED) is 0.621. The van der Waals surface area contributed by atoms with Crippen molar-refractivity contribution in [1.29, 1.82) is 0 Å². The summed E-state index contributed by atoms with van der Waals surface area (Å²) in [6.07, 6.45) is 5.74. The van der Waals surface area contributed by atoms with Crippen LogP contribution in [0.25, 0.3) is 0 Å². The summed E-state index contributed by atoms with van der Waals surface area (Å²) >= 11 is 3.34. The molecule has 0 saturated carbocycles. The number of benzene rings is 1. The Morgan fingerprint density at radius 2 is 2.19 bits per heavy atom. The molecule has 1 aromatic rings. The summed E-state index contributed by atoms with van der Waals surface area (Å²) in [5.41, 5.74) is 0.731. The molecule has 0 unspecified atom stereocenters. The summed E-state index contributed by atoms with van der Waals surface area (Å²) in [5, 5.41) is 3.23. The fourth-order valence-corrected chi connectivity index (χ4v) is 1.80. The Kier molecular flexibility index (Phi) is 6.34. The third-order valence-corrected chi connectivity index (χ3v) is 2.74. The van der Waals surface area contributed by atoms with Gasteiger partial charge in [-0.3, -0.25) is 0 Å². The van der Waals surface area contributed by atoms with Crippen LogP contribution >= 0.6 is 15.9 Å². The largest absolute Gasteiger partial charge is 0.317 e. The molecule has 1 nitrogen and oxygen atoms in total. The molecule has 0 heterocycles. The first-order valence-corrected chi connectivity index (χ1v) is 6.33. The van der Waals surface area contributed by atoms with E-state index in [-0.39, 0.29) is 5.82 Å². The van der Waals surface area contributed by atoms with Crippen LogP contribution in [0.5, 0.6) is 0 Å². The first-order valence-electron chi connectivity index (χ1n) is 5.53. The Morgan fingerprint density at radius 1 is 1.38 bits per heavy atom. The van der Waals surface area contributed by atoms with E-state index in [2.05, 4.69) is 34.2 Å². The van der Waals surface area contributed by atoms with Gasteiger partial charge in [0.05, 0.1) is 0 Å². The van der Waals surface area contributed by atoms with E-state index in [4.69, 9.17) is 0 Å². The first kappa shape index (κ1) is 13.4. The lowest BCUT2D eigenvalue weighted by Crippen LogP contribution is -2.12. The second-order valence-electron chi connectivity index (χ2n) is 3.55. The van der Waals surface area contributed by atoms with Crippen LogP contribution in [-0.2, 0) is 6.42 Å². The van der Waals surface area contributed by atoms with Crippen LogP contribution in [0.4, 0.5) is 4.39 Å². The molecule has 0 atom stereocenters. The molecule has 0 aliphatic rings. The second-order valence-corrected chi connectivity index (χ2v) is 4.47. The zero-order valence-electron chi connectivity index (χ0n) is 9.47. The summed E-state index contributed by atoms with van der Waals surface area (Å²) in [5.74, 6) is -0.139. The second kappa shape index (κ2) is 7.58. The smallest absolute Gasteiger partial charge is 0.126 e. The predicted octanol–water partition coefficient (Wildman–Crippen LogP) is 3.69. The van der Waals surface area contributed by atoms with E-state index < -0.39 is 0 Å². The van der Waals surface area contributed by atoms with Crippen LogP contribution in [0.15, 0.2) is 34.8 Å². The molecule has 1 N–H and O–H groups in total. The minimum Gasteiger partial charge on any atom is -0.317 e. The van der Waals surface area contributed by atoms with E-state index in [1.807, 2.05) is 12.1 Å². The highest BCUT2D eigenvalue weighted by molar-refractivity contribution is 9.10. The van der Waals surface area contributed by atoms with Gasteiger partial charge in [0, 0.05) is 4.47 Å². The molecule has 88 valence electrons. The van der Waals surface area contributed by atoms with Crippen molar-refractivity contribution in [2.75, 3.05) is 13.1 Å². The molecular weight excluding hydrogens is 269 g/mol. The highest BCUT2D eigenvalue weighted by Gasteiger charge is 1.99. The molecule has 3 heteroatoms. The molecular formula is C13H17BrFN. The lowest BCUT2D eigenvalue weighted by atomic mass is 10.1. The molecule has 0 aliphatic heterocycles. The maximum absolute atomic E-state index is 13.3.